The van der Waals surface area contributed by atoms with E-state index in [1.807, 2.05) is 6.92 Å². The molecule has 0 atom stereocenters. The SMILES string of the molecule is Cc1ccc(Cl)c(O)c1CO. The lowest BCUT2D eigenvalue weighted by molar-refractivity contribution is 0.274. The van der Waals surface area contributed by atoms with Crippen molar-refractivity contribution >= 4 is 11.6 Å². The molecule has 0 aromatic heterocycles. The molecule has 0 saturated carbocycles. The third-order valence-electron chi connectivity index (χ3n) is 1.63. The number of aliphatic hydroxyl groups is 1. The second-order valence-corrected chi connectivity index (χ2v) is 2.76. The van der Waals surface area contributed by atoms with Crippen LogP contribution in [-0.2, 0) is 6.61 Å². The van der Waals surface area contributed by atoms with Crippen molar-refractivity contribution in [3.8, 4) is 5.75 Å². The highest BCUT2D eigenvalue weighted by atomic mass is 35.5. The van der Waals surface area contributed by atoms with Crippen molar-refractivity contribution in [2.45, 2.75) is 13.5 Å². The number of aryl methyl sites for hydroxylation is 1. The monoisotopic (exact) mass is 172 g/mol. The lowest BCUT2D eigenvalue weighted by Gasteiger charge is -2.05. The van der Waals surface area contributed by atoms with E-state index in [4.69, 9.17) is 16.7 Å². The van der Waals surface area contributed by atoms with E-state index in [0.717, 1.165) is 5.56 Å². The van der Waals surface area contributed by atoms with Gasteiger partial charge in [0.2, 0.25) is 0 Å². The number of halogens is 1. The van der Waals surface area contributed by atoms with Crippen LogP contribution in [0.25, 0.3) is 0 Å². The fraction of sp³-hybridized carbons (Fsp3) is 0.250. The number of hydrogen-bond donors (Lipinski definition) is 2. The Bertz CT molecular complexity index is 271. The van der Waals surface area contributed by atoms with Gasteiger partial charge in [-0.3, -0.25) is 0 Å². The minimum atomic E-state index is -0.182. The molecule has 2 N–H and O–H groups in total. The van der Waals surface area contributed by atoms with Crippen LogP contribution in [0.15, 0.2) is 12.1 Å². The summed E-state index contributed by atoms with van der Waals surface area (Å²) in [6, 6.07) is 3.36. The van der Waals surface area contributed by atoms with Crippen LogP contribution < -0.4 is 0 Å². The molecule has 0 heterocycles. The molecule has 0 saturated heterocycles. The molecule has 0 spiro atoms. The maximum Gasteiger partial charge on any atom is 0.139 e. The van der Waals surface area contributed by atoms with Crippen LogP contribution >= 0.6 is 11.6 Å². The highest BCUT2D eigenvalue weighted by molar-refractivity contribution is 6.32. The molecule has 0 aliphatic rings. The Balaban J connectivity index is 3.29. The molecule has 1 aromatic carbocycles. The molecule has 60 valence electrons. The van der Waals surface area contributed by atoms with Crippen LogP contribution in [0, 0.1) is 6.92 Å². The van der Waals surface area contributed by atoms with Crippen molar-refractivity contribution in [2.24, 2.45) is 0 Å². The van der Waals surface area contributed by atoms with Crippen molar-refractivity contribution in [3.05, 3.63) is 28.3 Å². The Morgan fingerprint density at radius 3 is 2.55 bits per heavy atom. The summed E-state index contributed by atoms with van der Waals surface area (Å²) >= 11 is 5.60. The number of hydrogen-bond acceptors (Lipinski definition) is 2. The van der Waals surface area contributed by atoms with E-state index in [-0.39, 0.29) is 17.4 Å². The van der Waals surface area contributed by atoms with Gasteiger partial charge in [-0.15, -0.1) is 0 Å². The molecule has 1 rings (SSSR count). The largest absolute Gasteiger partial charge is 0.506 e. The Kier molecular flexibility index (Phi) is 2.37. The molecule has 11 heavy (non-hydrogen) atoms. The number of rotatable bonds is 1. The molecule has 3 heteroatoms. The number of phenols is 1. The maximum absolute atomic E-state index is 9.29. The van der Waals surface area contributed by atoms with E-state index in [0.29, 0.717) is 5.56 Å². The van der Waals surface area contributed by atoms with Crippen LogP contribution in [-0.4, -0.2) is 10.2 Å². The zero-order valence-corrected chi connectivity index (χ0v) is 6.89. The second-order valence-electron chi connectivity index (χ2n) is 2.35. The zero-order chi connectivity index (χ0) is 8.43. The van der Waals surface area contributed by atoms with E-state index >= 15 is 0 Å². The fourth-order valence-electron chi connectivity index (χ4n) is 0.908. The normalized spacial score (nSPS) is 10.1. The quantitative estimate of drug-likeness (QED) is 0.679. The molecule has 0 amide bonds. The average molecular weight is 173 g/mol. The third-order valence-corrected chi connectivity index (χ3v) is 1.93. The minimum absolute atomic E-state index is 0.0193. The van der Waals surface area contributed by atoms with Crippen molar-refractivity contribution in [1.82, 2.24) is 0 Å². The summed E-state index contributed by atoms with van der Waals surface area (Å²) in [7, 11) is 0. The van der Waals surface area contributed by atoms with E-state index < -0.39 is 0 Å². The zero-order valence-electron chi connectivity index (χ0n) is 6.13. The molecular formula is C8H9ClO2. The molecule has 1 aromatic rings. The van der Waals surface area contributed by atoms with Gasteiger partial charge in [0.05, 0.1) is 11.6 Å². The first-order valence-electron chi connectivity index (χ1n) is 3.24. The van der Waals surface area contributed by atoms with Gasteiger partial charge in [-0.1, -0.05) is 17.7 Å². The Labute approximate surface area is 70.1 Å². The number of benzene rings is 1. The van der Waals surface area contributed by atoms with Gasteiger partial charge >= 0.3 is 0 Å². The summed E-state index contributed by atoms with van der Waals surface area (Å²) in [5, 5.41) is 18.4. The fourth-order valence-corrected chi connectivity index (χ4v) is 1.09. The predicted molar refractivity (Wildman–Crippen MR) is 43.8 cm³/mol. The molecule has 0 aliphatic heterocycles. The van der Waals surface area contributed by atoms with E-state index in [1.165, 1.54) is 0 Å². The van der Waals surface area contributed by atoms with Crippen LogP contribution in [0.3, 0.4) is 0 Å². The second kappa shape index (κ2) is 3.11. The standard InChI is InChI=1S/C8H9ClO2/c1-5-2-3-7(9)8(11)6(5)4-10/h2-3,10-11H,4H2,1H3. The van der Waals surface area contributed by atoms with Crippen LogP contribution in [0.2, 0.25) is 5.02 Å². The first-order chi connectivity index (χ1) is 5.16. The first-order valence-corrected chi connectivity index (χ1v) is 3.62. The predicted octanol–water partition coefficient (Wildman–Crippen LogP) is 1.85. The Morgan fingerprint density at radius 2 is 2.09 bits per heavy atom. The maximum atomic E-state index is 9.29. The van der Waals surface area contributed by atoms with Crippen molar-refractivity contribution in [2.75, 3.05) is 0 Å². The Morgan fingerprint density at radius 1 is 1.45 bits per heavy atom. The third kappa shape index (κ3) is 1.47. The van der Waals surface area contributed by atoms with E-state index in [1.54, 1.807) is 12.1 Å². The van der Waals surface area contributed by atoms with Gasteiger partial charge in [0.1, 0.15) is 5.75 Å². The highest BCUT2D eigenvalue weighted by Crippen LogP contribution is 2.29. The van der Waals surface area contributed by atoms with Crippen molar-refractivity contribution in [1.29, 1.82) is 0 Å². The molecule has 2 nitrogen and oxygen atoms in total. The summed E-state index contributed by atoms with van der Waals surface area (Å²) < 4.78 is 0. The van der Waals surface area contributed by atoms with Crippen molar-refractivity contribution in [3.63, 3.8) is 0 Å². The van der Waals surface area contributed by atoms with E-state index in [2.05, 4.69) is 0 Å². The summed E-state index contributed by atoms with van der Waals surface area (Å²) in [5.74, 6) is -0.0193. The topological polar surface area (TPSA) is 40.5 Å². The summed E-state index contributed by atoms with van der Waals surface area (Å²) in [5.41, 5.74) is 1.34. The highest BCUT2D eigenvalue weighted by Gasteiger charge is 2.06. The van der Waals surface area contributed by atoms with Gasteiger partial charge < -0.3 is 10.2 Å². The van der Waals surface area contributed by atoms with Gasteiger partial charge in [0.15, 0.2) is 0 Å². The molecule has 0 aliphatic carbocycles. The molecule has 0 bridgehead atoms. The van der Waals surface area contributed by atoms with Gasteiger partial charge in [-0.05, 0) is 18.6 Å². The van der Waals surface area contributed by atoms with Crippen LogP contribution in [0.5, 0.6) is 5.75 Å². The lowest BCUT2D eigenvalue weighted by Crippen LogP contribution is -1.89. The Hall–Kier alpha value is -0.730. The first kappa shape index (κ1) is 8.37. The number of aromatic hydroxyl groups is 1. The van der Waals surface area contributed by atoms with Gasteiger partial charge in [0, 0.05) is 5.56 Å². The molecular weight excluding hydrogens is 164 g/mol. The molecule has 0 fully saturated rings. The minimum Gasteiger partial charge on any atom is -0.506 e. The molecule has 0 radical (unpaired) electrons. The van der Waals surface area contributed by atoms with Crippen molar-refractivity contribution < 1.29 is 10.2 Å². The van der Waals surface area contributed by atoms with E-state index in [9.17, 15) is 5.11 Å². The van der Waals surface area contributed by atoms with Gasteiger partial charge in [-0.2, -0.15) is 0 Å². The summed E-state index contributed by atoms with van der Waals surface area (Å²) in [6.45, 7) is 1.62. The van der Waals surface area contributed by atoms with Gasteiger partial charge in [-0.25, -0.2) is 0 Å². The smallest absolute Gasteiger partial charge is 0.139 e. The number of aliphatic hydroxyl groups excluding tert-OH is 1. The summed E-state index contributed by atoms with van der Waals surface area (Å²) in [4.78, 5) is 0. The lowest BCUT2D eigenvalue weighted by atomic mass is 10.1. The average Bonchev–Trinajstić information content (AvgIpc) is 1.99. The van der Waals surface area contributed by atoms with Crippen LogP contribution in [0.1, 0.15) is 11.1 Å². The molecule has 0 unspecified atom stereocenters. The van der Waals surface area contributed by atoms with Gasteiger partial charge in [0.25, 0.3) is 0 Å². The summed E-state index contributed by atoms with van der Waals surface area (Å²) in [6.07, 6.45) is 0. The van der Waals surface area contributed by atoms with Crippen LogP contribution in [0.4, 0.5) is 0 Å².